The maximum atomic E-state index is 11.3. The summed E-state index contributed by atoms with van der Waals surface area (Å²) in [6, 6.07) is 1.78. The van der Waals surface area contributed by atoms with Crippen LogP contribution in [-0.2, 0) is 9.84 Å². The van der Waals surface area contributed by atoms with E-state index in [0.29, 0.717) is 11.5 Å². The van der Waals surface area contributed by atoms with E-state index < -0.39 is 9.84 Å². The molecule has 7 heteroatoms. The second-order valence-electron chi connectivity index (χ2n) is 3.76. The van der Waals surface area contributed by atoms with Crippen LogP contribution in [0.4, 0.5) is 5.69 Å². The average Bonchev–Trinajstić information content (AvgIpc) is 2.70. The van der Waals surface area contributed by atoms with Crippen LogP contribution in [0.25, 0.3) is 5.82 Å². The van der Waals surface area contributed by atoms with Crippen molar-refractivity contribution in [3.8, 4) is 5.82 Å². The molecule has 0 atom stereocenters. The molecule has 0 fully saturated rings. The van der Waals surface area contributed by atoms with Crippen molar-refractivity contribution in [3.05, 3.63) is 30.2 Å². The third kappa shape index (κ3) is 2.14. The Balaban J connectivity index is 2.55. The second-order valence-corrected chi connectivity index (χ2v) is 5.77. The Hall–Kier alpha value is -1.89. The maximum Gasteiger partial charge on any atom is 0.178 e. The molecule has 0 aliphatic heterocycles. The van der Waals surface area contributed by atoms with E-state index in [1.807, 2.05) is 6.92 Å². The summed E-state index contributed by atoms with van der Waals surface area (Å²) >= 11 is 0. The Morgan fingerprint density at radius 1 is 1.41 bits per heavy atom. The first kappa shape index (κ1) is 11.6. The SMILES string of the molecule is Cc1ccnc(-n2cc(S(C)(=O)=O)cn2)c1N. The van der Waals surface area contributed by atoms with Crippen molar-refractivity contribution in [2.24, 2.45) is 0 Å². The molecular weight excluding hydrogens is 240 g/mol. The molecule has 0 saturated heterocycles. The first-order valence-electron chi connectivity index (χ1n) is 4.86. The minimum Gasteiger partial charge on any atom is -0.395 e. The predicted molar refractivity (Wildman–Crippen MR) is 63.6 cm³/mol. The van der Waals surface area contributed by atoms with E-state index in [-0.39, 0.29) is 4.90 Å². The van der Waals surface area contributed by atoms with Gasteiger partial charge in [0.05, 0.1) is 18.1 Å². The number of nitrogens with two attached hydrogens (primary N) is 1. The van der Waals surface area contributed by atoms with Crippen LogP contribution in [0.15, 0.2) is 29.6 Å². The lowest BCUT2D eigenvalue weighted by atomic mass is 10.2. The Bertz CT molecular complexity index is 661. The number of nitrogens with zero attached hydrogens (tertiary/aromatic N) is 3. The van der Waals surface area contributed by atoms with Gasteiger partial charge in [0.1, 0.15) is 4.90 Å². The lowest BCUT2D eigenvalue weighted by Gasteiger charge is -2.05. The molecule has 2 aromatic rings. The number of nitrogen functional groups attached to an aromatic ring is 1. The molecule has 0 aliphatic carbocycles. The summed E-state index contributed by atoms with van der Waals surface area (Å²) in [7, 11) is -3.26. The molecule has 2 N–H and O–H groups in total. The van der Waals surface area contributed by atoms with Crippen molar-refractivity contribution in [3.63, 3.8) is 0 Å². The highest BCUT2D eigenvalue weighted by molar-refractivity contribution is 7.90. The fourth-order valence-corrected chi connectivity index (χ4v) is 1.88. The zero-order valence-corrected chi connectivity index (χ0v) is 10.3. The van der Waals surface area contributed by atoms with Crippen LogP contribution in [0.3, 0.4) is 0 Å². The van der Waals surface area contributed by atoms with E-state index in [2.05, 4.69) is 10.1 Å². The minimum absolute atomic E-state index is 0.139. The lowest BCUT2D eigenvalue weighted by molar-refractivity contribution is 0.602. The number of sulfone groups is 1. The molecule has 6 nitrogen and oxygen atoms in total. The monoisotopic (exact) mass is 252 g/mol. The van der Waals surface area contributed by atoms with Crippen LogP contribution in [0, 0.1) is 6.92 Å². The highest BCUT2D eigenvalue weighted by Gasteiger charge is 2.13. The van der Waals surface area contributed by atoms with Gasteiger partial charge in [0, 0.05) is 12.5 Å². The van der Waals surface area contributed by atoms with Gasteiger partial charge < -0.3 is 5.73 Å². The van der Waals surface area contributed by atoms with Gasteiger partial charge in [0.25, 0.3) is 0 Å². The van der Waals surface area contributed by atoms with E-state index in [1.165, 1.54) is 17.1 Å². The number of rotatable bonds is 2. The second kappa shape index (κ2) is 3.85. The van der Waals surface area contributed by atoms with Gasteiger partial charge in [0.2, 0.25) is 0 Å². The molecule has 90 valence electrons. The van der Waals surface area contributed by atoms with Gasteiger partial charge >= 0.3 is 0 Å². The number of aryl methyl sites for hydroxylation is 1. The van der Waals surface area contributed by atoms with Crippen molar-refractivity contribution < 1.29 is 8.42 Å². The summed E-state index contributed by atoms with van der Waals surface area (Å²) in [5.74, 6) is 0.430. The normalized spacial score (nSPS) is 11.6. The summed E-state index contributed by atoms with van der Waals surface area (Å²) in [4.78, 5) is 4.22. The standard InChI is InChI=1S/C10H12N4O2S/c1-7-3-4-12-10(9(7)11)14-6-8(5-13-14)17(2,15)16/h3-6H,11H2,1-2H3. The summed E-state index contributed by atoms with van der Waals surface area (Å²) in [6.07, 6.45) is 5.40. The molecule has 17 heavy (non-hydrogen) atoms. The zero-order valence-electron chi connectivity index (χ0n) is 9.45. The number of anilines is 1. The van der Waals surface area contributed by atoms with E-state index in [9.17, 15) is 8.42 Å². The van der Waals surface area contributed by atoms with Crippen LogP contribution in [-0.4, -0.2) is 29.4 Å². The number of hydrogen-bond donors (Lipinski definition) is 1. The topological polar surface area (TPSA) is 90.9 Å². The minimum atomic E-state index is -3.26. The van der Waals surface area contributed by atoms with Crippen molar-refractivity contribution in [1.82, 2.24) is 14.8 Å². The highest BCUT2D eigenvalue weighted by Crippen LogP contribution is 2.18. The van der Waals surface area contributed by atoms with Crippen molar-refractivity contribution in [1.29, 1.82) is 0 Å². The number of aromatic nitrogens is 3. The van der Waals surface area contributed by atoms with E-state index in [4.69, 9.17) is 5.73 Å². The van der Waals surface area contributed by atoms with Crippen LogP contribution >= 0.6 is 0 Å². The molecule has 2 aromatic heterocycles. The number of hydrogen-bond acceptors (Lipinski definition) is 5. The van der Waals surface area contributed by atoms with Gasteiger partial charge in [-0.2, -0.15) is 5.10 Å². The molecule has 0 unspecified atom stereocenters. The van der Waals surface area contributed by atoms with Crippen molar-refractivity contribution in [2.45, 2.75) is 11.8 Å². The molecule has 2 rings (SSSR count). The Labute approximate surface area is 99.0 Å². The highest BCUT2D eigenvalue weighted by atomic mass is 32.2. The fraction of sp³-hybridized carbons (Fsp3) is 0.200. The molecule has 0 spiro atoms. The first-order valence-corrected chi connectivity index (χ1v) is 6.75. The van der Waals surface area contributed by atoms with Crippen LogP contribution in [0.1, 0.15) is 5.56 Å². The lowest BCUT2D eigenvalue weighted by Crippen LogP contribution is -2.04. The van der Waals surface area contributed by atoms with Gasteiger partial charge in [-0.15, -0.1) is 0 Å². The Morgan fingerprint density at radius 2 is 2.12 bits per heavy atom. The molecular formula is C10H12N4O2S. The maximum absolute atomic E-state index is 11.3. The fourth-order valence-electron chi connectivity index (χ4n) is 1.35. The van der Waals surface area contributed by atoms with Gasteiger partial charge in [-0.05, 0) is 18.6 Å². The number of pyridine rings is 1. The van der Waals surface area contributed by atoms with Gasteiger partial charge in [-0.25, -0.2) is 18.1 Å². The third-order valence-electron chi connectivity index (χ3n) is 2.39. The van der Waals surface area contributed by atoms with Gasteiger partial charge in [-0.1, -0.05) is 0 Å². The smallest absolute Gasteiger partial charge is 0.178 e. The van der Waals surface area contributed by atoms with Crippen molar-refractivity contribution >= 4 is 15.5 Å². The van der Waals surface area contributed by atoms with Crippen molar-refractivity contribution in [2.75, 3.05) is 12.0 Å². The molecule has 0 aliphatic rings. The van der Waals surface area contributed by atoms with Crippen LogP contribution in [0.5, 0.6) is 0 Å². The molecule has 0 saturated carbocycles. The molecule has 0 amide bonds. The Morgan fingerprint density at radius 3 is 2.71 bits per heavy atom. The molecule has 0 bridgehead atoms. The average molecular weight is 252 g/mol. The third-order valence-corrected chi connectivity index (χ3v) is 3.46. The summed E-state index contributed by atoms with van der Waals surface area (Å²) in [5, 5.41) is 3.95. The van der Waals surface area contributed by atoms with Gasteiger partial charge in [0.15, 0.2) is 15.7 Å². The Kier molecular flexibility index (Phi) is 2.62. The largest absolute Gasteiger partial charge is 0.395 e. The first-order chi connectivity index (χ1) is 7.89. The summed E-state index contributed by atoms with van der Waals surface area (Å²) in [5.41, 5.74) is 7.21. The van der Waals surface area contributed by atoms with Crippen LogP contribution in [0.2, 0.25) is 0 Å². The zero-order chi connectivity index (χ0) is 12.6. The molecule has 2 heterocycles. The quantitative estimate of drug-likeness (QED) is 0.843. The summed E-state index contributed by atoms with van der Waals surface area (Å²) < 4.78 is 24.0. The molecule has 0 radical (unpaired) electrons. The summed E-state index contributed by atoms with van der Waals surface area (Å²) in [6.45, 7) is 1.85. The van der Waals surface area contributed by atoms with E-state index in [1.54, 1.807) is 12.3 Å². The van der Waals surface area contributed by atoms with Crippen LogP contribution < -0.4 is 5.73 Å². The molecule has 0 aromatic carbocycles. The predicted octanol–water partition coefficient (Wildman–Crippen LogP) is 0.561. The van der Waals surface area contributed by atoms with E-state index >= 15 is 0 Å². The van der Waals surface area contributed by atoms with E-state index in [0.717, 1.165) is 11.8 Å². The van der Waals surface area contributed by atoms with Gasteiger partial charge in [-0.3, -0.25) is 0 Å².